The molecule has 4 rings (SSSR count). The van der Waals surface area contributed by atoms with Crippen LogP contribution in [0.5, 0.6) is 0 Å². The Morgan fingerprint density at radius 1 is 0.850 bits per heavy atom. The Hall–Kier alpha value is -3.91. The number of aromatic nitrogens is 3. The molecule has 0 fully saturated rings. The molecule has 3 aromatic carbocycles. The SMILES string of the molecule is Cc1ccc(C)c(NC(=O)CSc2nnc(CNC(=O)c3ccc(C(C)(C)C)cc3)n2-c2cc(C)ccc2C)c1. The second kappa shape index (κ2) is 12.1. The molecule has 4 aromatic rings. The highest BCUT2D eigenvalue weighted by Gasteiger charge is 2.19. The zero-order valence-corrected chi connectivity index (χ0v) is 25.1. The zero-order chi connectivity index (χ0) is 29.0. The second-order valence-corrected chi connectivity index (χ2v) is 12.1. The van der Waals surface area contributed by atoms with Crippen LogP contribution in [0.3, 0.4) is 0 Å². The number of thioether (sulfide) groups is 1. The molecule has 0 aliphatic rings. The third-order valence-corrected chi connectivity index (χ3v) is 7.65. The van der Waals surface area contributed by atoms with Crippen molar-refractivity contribution in [1.29, 1.82) is 0 Å². The molecular weight excluding hydrogens is 518 g/mol. The van der Waals surface area contributed by atoms with Gasteiger partial charge in [-0.3, -0.25) is 14.2 Å². The van der Waals surface area contributed by atoms with Crippen LogP contribution in [-0.2, 0) is 16.8 Å². The van der Waals surface area contributed by atoms with E-state index in [-0.39, 0.29) is 29.5 Å². The number of benzene rings is 3. The molecule has 0 atom stereocenters. The summed E-state index contributed by atoms with van der Waals surface area (Å²) in [4.78, 5) is 25.8. The van der Waals surface area contributed by atoms with Gasteiger partial charge in [0.1, 0.15) is 0 Å². The molecule has 0 aliphatic carbocycles. The van der Waals surface area contributed by atoms with Crippen LogP contribution < -0.4 is 10.6 Å². The van der Waals surface area contributed by atoms with Crippen molar-refractivity contribution in [1.82, 2.24) is 20.1 Å². The highest BCUT2D eigenvalue weighted by molar-refractivity contribution is 7.99. The molecule has 2 amide bonds. The number of nitrogens with one attached hydrogen (secondary N) is 2. The molecule has 0 aliphatic heterocycles. The van der Waals surface area contributed by atoms with Crippen molar-refractivity contribution < 1.29 is 9.59 Å². The largest absolute Gasteiger partial charge is 0.345 e. The molecule has 0 radical (unpaired) electrons. The predicted octanol–water partition coefficient (Wildman–Crippen LogP) is 6.46. The van der Waals surface area contributed by atoms with Gasteiger partial charge in [0.05, 0.1) is 18.0 Å². The smallest absolute Gasteiger partial charge is 0.251 e. The van der Waals surface area contributed by atoms with Crippen LogP contribution in [0.2, 0.25) is 0 Å². The zero-order valence-electron chi connectivity index (χ0n) is 24.3. The molecule has 0 saturated carbocycles. The summed E-state index contributed by atoms with van der Waals surface area (Å²) >= 11 is 1.31. The fraction of sp³-hybridized carbons (Fsp3) is 0.312. The number of nitrogens with zero attached hydrogens (tertiary/aromatic N) is 3. The molecule has 1 aromatic heterocycles. The van der Waals surface area contributed by atoms with E-state index in [9.17, 15) is 9.59 Å². The lowest BCUT2D eigenvalue weighted by Crippen LogP contribution is -2.25. The van der Waals surface area contributed by atoms with Gasteiger partial charge in [0.2, 0.25) is 5.91 Å². The lowest BCUT2D eigenvalue weighted by Gasteiger charge is -2.19. The van der Waals surface area contributed by atoms with Crippen LogP contribution in [0, 0.1) is 27.7 Å². The van der Waals surface area contributed by atoms with Crippen molar-refractivity contribution in [2.45, 2.75) is 65.6 Å². The van der Waals surface area contributed by atoms with Gasteiger partial charge in [0.25, 0.3) is 5.91 Å². The van der Waals surface area contributed by atoms with E-state index in [1.807, 2.05) is 80.8 Å². The molecule has 0 unspecified atom stereocenters. The predicted molar refractivity (Wildman–Crippen MR) is 162 cm³/mol. The van der Waals surface area contributed by atoms with E-state index in [0.29, 0.717) is 16.5 Å². The number of hydrogen-bond donors (Lipinski definition) is 2. The molecule has 8 heteroatoms. The van der Waals surface area contributed by atoms with E-state index in [2.05, 4.69) is 53.7 Å². The van der Waals surface area contributed by atoms with E-state index in [1.54, 1.807) is 0 Å². The maximum atomic E-state index is 13.0. The first-order valence-corrected chi connectivity index (χ1v) is 14.3. The van der Waals surface area contributed by atoms with Crippen LogP contribution >= 0.6 is 11.8 Å². The molecular formula is C32H37N5O2S. The minimum absolute atomic E-state index is 0.0148. The normalized spacial score (nSPS) is 11.4. The number of hydrogen-bond acceptors (Lipinski definition) is 5. The molecule has 0 saturated heterocycles. The Morgan fingerprint density at radius 2 is 1.50 bits per heavy atom. The Balaban J connectivity index is 1.53. The van der Waals surface area contributed by atoms with E-state index >= 15 is 0 Å². The van der Waals surface area contributed by atoms with E-state index < -0.39 is 0 Å². The lowest BCUT2D eigenvalue weighted by molar-refractivity contribution is -0.113. The van der Waals surface area contributed by atoms with Crippen molar-refractivity contribution in [2.75, 3.05) is 11.1 Å². The lowest BCUT2D eigenvalue weighted by atomic mass is 9.87. The number of rotatable bonds is 8. The van der Waals surface area contributed by atoms with Crippen molar-refractivity contribution >= 4 is 29.3 Å². The Bertz CT molecular complexity index is 1530. The topological polar surface area (TPSA) is 88.9 Å². The van der Waals surface area contributed by atoms with Gasteiger partial charge in [-0.25, -0.2) is 0 Å². The summed E-state index contributed by atoms with van der Waals surface area (Å²) in [5, 5.41) is 15.4. The van der Waals surface area contributed by atoms with Crippen molar-refractivity contribution in [2.24, 2.45) is 0 Å². The number of anilines is 1. The maximum Gasteiger partial charge on any atom is 0.251 e. The van der Waals surface area contributed by atoms with Crippen LogP contribution in [0.1, 0.15) is 64.8 Å². The first-order chi connectivity index (χ1) is 18.9. The number of aryl methyl sites for hydroxylation is 4. The van der Waals surface area contributed by atoms with Crippen LogP contribution in [0.4, 0.5) is 5.69 Å². The summed E-state index contributed by atoms with van der Waals surface area (Å²) in [7, 11) is 0. The average molecular weight is 556 g/mol. The van der Waals surface area contributed by atoms with E-state index in [4.69, 9.17) is 0 Å². The molecule has 7 nitrogen and oxygen atoms in total. The molecule has 0 spiro atoms. The quantitative estimate of drug-likeness (QED) is 0.244. The Kier molecular flexibility index (Phi) is 8.79. The fourth-order valence-corrected chi connectivity index (χ4v) is 5.04. The second-order valence-electron chi connectivity index (χ2n) is 11.2. The van der Waals surface area contributed by atoms with Crippen LogP contribution in [-0.4, -0.2) is 32.3 Å². The monoisotopic (exact) mass is 555 g/mol. The summed E-state index contributed by atoms with van der Waals surface area (Å²) in [6, 6.07) is 19.8. The van der Waals surface area contributed by atoms with Gasteiger partial charge >= 0.3 is 0 Å². The number of carbonyl (C=O) groups excluding carboxylic acids is 2. The van der Waals surface area contributed by atoms with Crippen molar-refractivity contribution in [3.8, 4) is 5.69 Å². The van der Waals surface area contributed by atoms with Gasteiger partial charge in [-0.2, -0.15) is 0 Å². The average Bonchev–Trinajstić information content (AvgIpc) is 3.31. The Labute approximate surface area is 240 Å². The minimum Gasteiger partial charge on any atom is -0.345 e. The molecule has 0 bridgehead atoms. The van der Waals surface area contributed by atoms with E-state index in [0.717, 1.165) is 33.6 Å². The first kappa shape index (κ1) is 29.1. The summed E-state index contributed by atoms with van der Waals surface area (Å²) < 4.78 is 1.93. The standard InChI is InChI=1S/C32H37N5O2S/c1-20-8-10-22(3)26(16-20)34-29(38)19-40-31-36-35-28(37(31)27-17-21(2)9-11-23(27)4)18-33-30(39)24-12-14-25(15-13-24)32(5,6)7/h8-17H,18-19H2,1-7H3,(H,33,39)(H,34,38). The fourth-order valence-electron chi connectivity index (χ4n) is 4.28. The van der Waals surface area contributed by atoms with Gasteiger partial charge in [-0.1, -0.05) is 68.9 Å². The van der Waals surface area contributed by atoms with Crippen molar-refractivity contribution in [3.05, 3.63) is 99.9 Å². The maximum absolute atomic E-state index is 13.0. The molecule has 2 N–H and O–H groups in total. The third-order valence-electron chi connectivity index (χ3n) is 6.73. The van der Waals surface area contributed by atoms with Crippen molar-refractivity contribution in [3.63, 3.8) is 0 Å². The van der Waals surface area contributed by atoms with Gasteiger partial charge in [0, 0.05) is 11.3 Å². The van der Waals surface area contributed by atoms with Gasteiger partial charge in [-0.15, -0.1) is 10.2 Å². The first-order valence-electron chi connectivity index (χ1n) is 13.3. The summed E-state index contributed by atoms with van der Waals surface area (Å²) in [6.07, 6.45) is 0. The van der Waals surface area contributed by atoms with Gasteiger partial charge in [0.15, 0.2) is 11.0 Å². The van der Waals surface area contributed by atoms with Crippen LogP contribution in [0.25, 0.3) is 5.69 Å². The highest BCUT2D eigenvalue weighted by atomic mass is 32.2. The third kappa shape index (κ3) is 6.99. The van der Waals surface area contributed by atoms with Gasteiger partial charge in [-0.05, 0) is 85.2 Å². The summed E-state index contributed by atoms with van der Waals surface area (Å²) in [5.41, 5.74) is 7.71. The van der Waals surface area contributed by atoms with Gasteiger partial charge < -0.3 is 10.6 Å². The van der Waals surface area contributed by atoms with Crippen LogP contribution in [0.15, 0.2) is 65.8 Å². The molecule has 1 heterocycles. The minimum atomic E-state index is -0.182. The summed E-state index contributed by atoms with van der Waals surface area (Å²) in [6.45, 7) is 14.6. The van der Waals surface area contributed by atoms with E-state index in [1.165, 1.54) is 17.3 Å². The number of amides is 2. The summed E-state index contributed by atoms with van der Waals surface area (Å²) in [5.74, 6) is 0.453. The molecule has 208 valence electrons. The molecule has 40 heavy (non-hydrogen) atoms. The Morgan fingerprint density at radius 3 is 2.17 bits per heavy atom. The number of carbonyl (C=O) groups is 2. The highest BCUT2D eigenvalue weighted by Crippen LogP contribution is 2.26.